The van der Waals surface area contributed by atoms with Gasteiger partial charge in [-0.15, -0.1) is 0 Å². The van der Waals surface area contributed by atoms with E-state index in [4.69, 9.17) is 4.74 Å². The summed E-state index contributed by atoms with van der Waals surface area (Å²) in [5.74, 6) is 0.789. The van der Waals surface area contributed by atoms with Gasteiger partial charge in [-0.3, -0.25) is 0 Å². The summed E-state index contributed by atoms with van der Waals surface area (Å²) in [5, 5.41) is 12.1. The summed E-state index contributed by atoms with van der Waals surface area (Å²) in [7, 11) is 1.63. The van der Waals surface area contributed by atoms with Gasteiger partial charge in [-0.2, -0.15) is 0 Å². The maximum absolute atomic E-state index is 12.1. The number of benzene rings is 2. The molecule has 20 heavy (non-hydrogen) atoms. The number of rotatable bonds is 5. The van der Waals surface area contributed by atoms with Crippen LogP contribution in [0.4, 0.5) is 0 Å². The number of ether oxygens (including phenoxy) is 1. The standard InChI is InChI=1S/C17H19NO2/c1-14(12-15-6-4-3-5-7-15)18(19)13-16-8-10-17(20-2)11-9-16/h3-11,13-14H,12H2,1-2H3. The molecule has 104 valence electrons. The third-order valence-electron chi connectivity index (χ3n) is 3.20. The first-order valence-electron chi connectivity index (χ1n) is 6.67. The topological polar surface area (TPSA) is 35.3 Å². The molecule has 0 aliphatic carbocycles. The zero-order valence-electron chi connectivity index (χ0n) is 11.8. The summed E-state index contributed by atoms with van der Waals surface area (Å²) in [6.45, 7) is 1.93. The van der Waals surface area contributed by atoms with Crippen LogP contribution in [0.15, 0.2) is 54.6 Å². The lowest BCUT2D eigenvalue weighted by atomic mass is 10.1. The average Bonchev–Trinajstić information content (AvgIpc) is 2.49. The van der Waals surface area contributed by atoms with Crippen LogP contribution in [0.3, 0.4) is 0 Å². The molecule has 1 unspecified atom stereocenters. The van der Waals surface area contributed by atoms with Crippen LogP contribution in [0.2, 0.25) is 0 Å². The van der Waals surface area contributed by atoms with E-state index in [9.17, 15) is 5.21 Å². The maximum atomic E-state index is 12.1. The molecule has 0 heterocycles. The molecule has 1 atom stereocenters. The van der Waals surface area contributed by atoms with Crippen molar-refractivity contribution in [2.45, 2.75) is 19.4 Å². The number of hydroxylamine groups is 1. The summed E-state index contributed by atoms with van der Waals surface area (Å²) in [5.41, 5.74) is 2.05. The van der Waals surface area contributed by atoms with Gasteiger partial charge in [-0.05, 0) is 36.8 Å². The second-order valence-corrected chi connectivity index (χ2v) is 4.80. The zero-order valence-corrected chi connectivity index (χ0v) is 11.8. The first-order chi connectivity index (χ1) is 9.69. The molecular weight excluding hydrogens is 250 g/mol. The molecule has 3 nitrogen and oxygen atoms in total. The lowest BCUT2D eigenvalue weighted by molar-refractivity contribution is -0.491. The molecule has 0 amide bonds. The van der Waals surface area contributed by atoms with E-state index in [2.05, 4.69) is 0 Å². The average molecular weight is 269 g/mol. The van der Waals surface area contributed by atoms with Crippen LogP contribution >= 0.6 is 0 Å². The van der Waals surface area contributed by atoms with Gasteiger partial charge in [-0.25, -0.2) is 4.74 Å². The van der Waals surface area contributed by atoms with Gasteiger partial charge in [0, 0.05) is 12.0 Å². The molecular formula is C17H19NO2. The fraction of sp³-hybridized carbons (Fsp3) is 0.235. The van der Waals surface area contributed by atoms with E-state index in [0.717, 1.165) is 22.5 Å². The molecule has 0 aliphatic rings. The Labute approximate surface area is 119 Å². The molecule has 2 aromatic rings. The monoisotopic (exact) mass is 269 g/mol. The Bertz CT molecular complexity index is 561. The molecule has 0 spiro atoms. The third kappa shape index (κ3) is 3.85. The Hall–Kier alpha value is -2.29. The summed E-state index contributed by atoms with van der Waals surface area (Å²) in [6.07, 6.45) is 2.35. The second kappa shape index (κ2) is 6.75. The van der Waals surface area contributed by atoms with E-state index in [1.807, 2.05) is 61.5 Å². The first kappa shape index (κ1) is 14.1. The minimum Gasteiger partial charge on any atom is -0.624 e. The van der Waals surface area contributed by atoms with E-state index >= 15 is 0 Å². The fourth-order valence-electron chi connectivity index (χ4n) is 2.01. The highest BCUT2D eigenvalue weighted by Crippen LogP contribution is 2.10. The summed E-state index contributed by atoms with van der Waals surface area (Å²) < 4.78 is 6.10. The van der Waals surface area contributed by atoms with Crippen molar-refractivity contribution in [2.75, 3.05) is 7.11 Å². The van der Waals surface area contributed by atoms with Crippen LogP contribution < -0.4 is 4.74 Å². The second-order valence-electron chi connectivity index (χ2n) is 4.80. The lowest BCUT2D eigenvalue weighted by Crippen LogP contribution is -2.21. The van der Waals surface area contributed by atoms with Gasteiger partial charge in [-0.1, -0.05) is 30.3 Å². The highest BCUT2D eigenvalue weighted by atomic mass is 16.5. The van der Waals surface area contributed by atoms with Crippen LogP contribution in [-0.4, -0.2) is 24.1 Å². The van der Waals surface area contributed by atoms with Gasteiger partial charge in [0.15, 0.2) is 12.3 Å². The van der Waals surface area contributed by atoms with Gasteiger partial charge in [0.1, 0.15) is 5.75 Å². The normalized spacial score (nSPS) is 13.0. The Kier molecular flexibility index (Phi) is 4.77. The van der Waals surface area contributed by atoms with Crippen molar-refractivity contribution in [1.82, 2.24) is 0 Å². The van der Waals surface area contributed by atoms with Crippen LogP contribution in [0, 0.1) is 5.21 Å². The molecule has 3 heteroatoms. The maximum Gasteiger partial charge on any atom is 0.182 e. The van der Waals surface area contributed by atoms with Crippen molar-refractivity contribution >= 4 is 6.21 Å². The van der Waals surface area contributed by atoms with Crippen molar-refractivity contribution < 1.29 is 9.48 Å². The Morgan fingerprint density at radius 2 is 1.75 bits per heavy atom. The van der Waals surface area contributed by atoms with Crippen LogP contribution in [0.25, 0.3) is 0 Å². The largest absolute Gasteiger partial charge is 0.624 e. The third-order valence-corrected chi connectivity index (χ3v) is 3.20. The molecule has 0 aliphatic heterocycles. The number of nitrogens with zero attached hydrogens (tertiary/aromatic N) is 1. The number of hydrogen-bond acceptors (Lipinski definition) is 2. The van der Waals surface area contributed by atoms with Gasteiger partial charge in [0.05, 0.1) is 7.11 Å². The Morgan fingerprint density at radius 3 is 2.35 bits per heavy atom. The van der Waals surface area contributed by atoms with Crippen LogP contribution in [0.5, 0.6) is 5.75 Å². The van der Waals surface area contributed by atoms with E-state index < -0.39 is 0 Å². The Morgan fingerprint density at radius 1 is 1.10 bits per heavy atom. The summed E-state index contributed by atoms with van der Waals surface area (Å²) in [6, 6.07) is 17.4. The van der Waals surface area contributed by atoms with E-state index in [0.29, 0.717) is 0 Å². The number of methoxy groups -OCH3 is 1. The SMILES string of the molecule is COc1ccc(C=[N+]([O-])C(C)Cc2ccccc2)cc1. The van der Waals surface area contributed by atoms with Crippen molar-refractivity contribution in [2.24, 2.45) is 0 Å². The molecule has 2 rings (SSSR count). The predicted octanol–water partition coefficient (Wildman–Crippen LogP) is 3.26. The summed E-state index contributed by atoms with van der Waals surface area (Å²) in [4.78, 5) is 0. The smallest absolute Gasteiger partial charge is 0.182 e. The van der Waals surface area contributed by atoms with Gasteiger partial charge >= 0.3 is 0 Å². The molecule has 0 radical (unpaired) electrons. The van der Waals surface area contributed by atoms with Gasteiger partial charge < -0.3 is 9.94 Å². The zero-order chi connectivity index (χ0) is 14.4. The molecule has 0 N–H and O–H groups in total. The van der Waals surface area contributed by atoms with Gasteiger partial charge in [0.25, 0.3) is 0 Å². The Balaban J connectivity index is 2.05. The van der Waals surface area contributed by atoms with Crippen molar-refractivity contribution in [3.05, 3.63) is 70.9 Å². The molecule has 2 aromatic carbocycles. The number of hydrogen-bond donors (Lipinski definition) is 0. The van der Waals surface area contributed by atoms with Crippen molar-refractivity contribution in [3.63, 3.8) is 0 Å². The van der Waals surface area contributed by atoms with Crippen molar-refractivity contribution in [3.8, 4) is 5.75 Å². The molecule has 0 fully saturated rings. The van der Waals surface area contributed by atoms with E-state index in [1.54, 1.807) is 13.3 Å². The predicted molar refractivity (Wildman–Crippen MR) is 81.4 cm³/mol. The van der Waals surface area contributed by atoms with E-state index in [-0.39, 0.29) is 6.04 Å². The minimum absolute atomic E-state index is 0.0977. The van der Waals surface area contributed by atoms with Crippen LogP contribution in [0.1, 0.15) is 18.1 Å². The van der Waals surface area contributed by atoms with Gasteiger partial charge in [0.2, 0.25) is 0 Å². The molecule has 0 bridgehead atoms. The summed E-state index contributed by atoms with van der Waals surface area (Å²) >= 11 is 0. The molecule has 0 saturated heterocycles. The molecule has 0 saturated carbocycles. The molecule has 0 aromatic heterocycles. The highest BCUT2D eigenvalue weighted by molar-refractivity contribution is 5.75. The lowest BCUT2D eigenvalue weighted by Gasteiger charge is -2.12. The fourth-order valence-corrected chi connectivity index (χ4v) is 2.01. The van der Waals surface area contributed by atoms with E-state index in [1.165, 1.54) is 5.56 Å². The van der Waals surface area contributed by atoms with Crippen LogP contribution in [-0.2, 0) is 6.42 Å². The first-order valence-corrected chi connectivity index (χ1v) is 6.67. The highest BCUT2D eigenvalue weighted by Gasteiger charge is 2.10. The van der Waals surface area contributed by atoms with Crippen molar-refractivity contribution in [1.29, 1.82) is 0 Å². The minimum atomic E-state index is -0.0977. The quantitative estimate of drug-likeness (QED) is 0.361.